The van der Waals surface area contributed by atoms with Gasteiger partial charge in [0.05, 0.1) is 14.2 Å². The third-order valence-corrected chi connectivity index (χ3v) is 3.52. The van der Waals surface area contributed by atoms with E-state index in [4.69, 9.17) is 0 Å². The molecule has 1 atom stereocenters. The van der Waals surface area contributed by atoms with E-state index >= 15 is 0 Å². The number of hydrogen-bond donors (Lipinski definition) is 0. The van der Waals surface area contributed by atoms with Gasteiger partial charge < -0.3 is 9.47 Å². The first-order valence-electron chi connectivity index (χ1n) is 5.65. The minimum atomic E-state index is -1.38. The lowest BCUT2D eigenvalue weighted by Crippen LogP contribution is -2.46. The summed E-state index contributed by atoms with van der Waals surface area (Å²) in [5.74, 6) is -1.52. The predicted octanol–water partition coefficient (Wildman–Crippen LogP) is 1.10. The van der Waals surface area contributed by atoms with Gasteiger partial charge in [0, 0.05) is 12.8 Å². The van der Waals surface area contributed by atoms with Crippen molar-refractivity contribution in [3.8, 4) is 0 Å². The number of carbonyl (C=O) groups excluding carboxylic acids is 3. The maximum atomic E-state index is 11.8. The van der Waals surface area contributed by atoms with Crippen molar-refractivity contribution >= 4 is 17.7 Å². The highest BCUT2D eigenvalue weighted by atomic mass is 16.5. The minimum Gasteiger partial charge on any atom is -0.468 e. The van der Waals surface area contributed by atoms with E-state index in [2.05, 4.69) is 9.47 Å². The van der Waals surface area contributed by atoms with Gasteiger partial charge >= 0.3 is 11.9 Å². The summed E-state index contributed by atoms with van der Waals surface area (Å²) >= 11 is 0. The summed E-state index contributed by atoms with van der Waals surface area (Å²) in [4.78, 5) is 35.0. The van der Waals surface area contributed by atoms with E-state index in [-0.39, 0.29) is 18.1 Å². The fourth-order valence-electron chi connectivity index (χ4n) is 2.36. The van der Waals surface area contributed by atoms with Crippen LogP contribution in [-0.4, -0.2) is 31.9 Å². The Morgan fingerprint density at radius 1 is 1.24 bits per heavy atom. The summed E-state index contributed by atoms with van der Waals surface area (Å²) < 4.78 is 9.35. The van der Waals surface area contributed by atoms with E-state index in [1.807, 2.05) is 0 Å². The van der Waals surface area contributed by atoms with Crippen molar-refractivity contribution in [2.75, 3.05) is 14.2 Å². The Morgan fingerprint density at radius 3 is 2.18 bits per heavy atom. The topological polar surface area (TPSA) is 69.7 Å². The van der Waals surface area contributed by atoms with Crippen LogP contribution in [0.1, 0.15) is 32.6 Å². The van der Waals surface area contributed by atoms with Crippen LogP contribution in [0.4, 0.5) is 0 Å². The number of rotatable bonds is 3. The van der Waals surface area contributed by atoms with Crippen molar-refractivity contribution < 1.29 is 23.9 Å². The first-order chi connectivity index (χ1) is 7.96. The molecule has 17 heavy (non-hydrogen) atoms. The first-order valence-corrected chi connectivity index (χ1v) is 5.65. The van der Waals surface area contributed by atoms with Crippen molar-refractivity contribution in [1.29, 1.82) is 0 Å². The third kappa shape index (κ3) is 2.48. The number of carbonyl (C=O) groups is 3. The normalized spacial score (nSPS) is 20.9. The first kappa shape index (κ1) is 13.7. The summed E-state index contributed by atoms with van der Waals surface area (Å²) in [5, 5.41) is 0. The second kappa shape index (κ2) is 5.29. The van der Waals surface area contributed by atoms with Gasteiger partial charge in [0.15, 0.2) is 5.41 Å². The van der Waals surface area contributed by atoms with Gasteiger partial charge in [0.25, 0.3) is 0 Å². The van der Waals surface area contributed by atoms with Crippen molar-refractivity contribution in [3.63, 3.8) is 0 Å². The molecule has 0 heterocycles. The second-order valence-electron chi connectivity index (χ2n) is 4.52. The molecule has 0 amide bonds. The van der Waals surface area contributed by atoms with Crippen molar-refractivity contribution in [2.45, 2.75) is 32.6 Å². The van der Waals surface area contributed by atoms with Crippen molar-refractivity contribution in [3.05, 3.63) is 0 Å². The Balaban J connectivity index is 3.00. The van der Waals surface area contributed by atoms with Gasteiger partial charge in [0.1, 0.15) is 5.78 Å². The Hall–Kier alpha value is -1.39. The molecule has 1 aliphatic carbocycles. The smallest absolute Gasteiger partial charge is 0.323 e. The molecule has 1 fully saturated rings. The second-order valence-corrected chi connectivity index (χ2v) is 4.52. The van der Waals surface area contributed by atoms with E-state index < -0.39 is 17.4 Å². The molecule has 0 bridgehead atoms. The zero-order valence-electron chi connectivity index (χ0n) is 10.4. The molecule has 0 radical (unpaired) electrons. The average molecular weight is 242 g/mol. The third-order valence-electron chi connectivity index (χ3n) is 3.52. The van der Waals surface area contributed by atoms with E-state index in [1.165, 1.54) is 21.1 Å². The van der Waals surface area contributed by atoms with Gasteiger partial charge in [-0.25, -0.2) is 0 Å². The quantitative estimate of drug-likeness (QED) is 0.547. The fourth-order valence-corrected chi connectivity index (χ4v) is 2.36. The molecular formula is C12H18O5. The van der Waals surface area contributed by atoms with Gasteiger partial charge in [-0.1, -0.05) is 0 Å². The molecule has 96 valence electrons. The highest BCUT2D eigenvalue weighted by molar-refractivity contribution is 6.00. The molecule has 0 saturated heterocycles. The molecule has 0 aromatic carbocycles. The average Bonchev–Trinajstić information content (AvgIpc) is 2.35. The lowest BCUT2D eigenvalue weighted by Gasteiger charge is -2.34. The van der Waals surface area contributed by atoms with Gasteiger partial charge in [-0.15, -0.1) is 0 Å². The SMILES string of the molecule is COC(=O)C(C)(C(=O)OC)C1CCCC(=O)C1. The Labute approximate surface area is 100 Å². The molecule has 1 rings (SSSR count). The van der Waals surface area contributed by atoms with Crippen molar-refractivity contribution in [2.24, 2.45) is 11.3 Å². The van der Waals surface area contributed by atoms with E-state index in [1.54, 1.807) is 0 Å². The molecule has 0 spiro atoms. The fraction of sp³-hybridized carbons (Fsp3) is 0.750. The lowest BCUT2D eigenvalue weighted by atomic mass is 9.69. The Bertz CT molecular complexity index is 318. The van der Waals surface area contributed by atoms with E-state index in [9.17, 15) is 14.4 Å². The van der Waals surface area contributed by atoms with Gasteiger partial charge in [-0.3, -0.25) is 14.4 Å². The van der Waals surface area contributed by atoms with Crippen LogP contribution in [0.5, 0.6) is 0 Å². The largest absolute Gasteiger partial charge is 0.468 e. The molecule has 1 aliphatic rings. The van der Waals surface area contributed by atoms with Crippen LogP contribution in [0.25, 0.3) is 0 Å². The predicted molar refractivity (Wildman–Crippen MR) is 59.1 cm³/mol. The highest BCUT2D eigenvalue weighted by Gasteiger charge is 2.51. The maximum absolute atomic E-state index is 11.8. The Morgan fingerprint density at radius 2 is 1.76 bits per heavy atom. The summed E-state index contributed by atoms with van der Waals surface area (Å²) in [6.07, 6.45) is 2.12. The number of Topliss-reactive ketones (excluding diaryl/α,β-unsaturated/α-hetero) is 1. The minimum absolute atomic E-state index is 0.0836. The monoisotopic (exact) mass is 242 g/mol. The maximum Gasteiger partial charge on any atom is 0.323 e. The highest BCUT2D eigenvalue weighted by Crippen LogP contribution is 2.39. The zero-order valence-corrected chi connectivity index (χ0v) is 10.4. The summed E-state index contributed by atoms with van der Waals surface area (Å²) in [5.41, 5.74) is -1.38. The molecule has 1 saturated carbocycles. The number of ether oxygens (including phenoxy) is 2. The van der Waals surface area contributed by atoms with Gasteiger partial charge in [-0.05, 0) is 25.7 Å². The standard InChI is InChI=1S/C12H18O5/c1-12(10(14)16-2,11(15)17-3)8-5-4-6-9(13)7-8/h8H,4-7H2,1-3H3. The molecule has 5 heteroatoms. The lowest BCUT2D eigenvalue weighted by molar-refractivity contribution is -0.173. The number of esters is 2. The van der Waals surface area contributed by atoms with Crippen LogP contribution in [0.2, 0.25) is 0 Å². The van der Waals surface area contributed by atoms with Crippen LogP contribution in [0, 0.1) is 11.3 Å². The van der Waals surface area contributed by atoms with Crippen LogP contribution in [-0.2, 0) is 23.9 Å². The Kier molecular flexibility index (Phi) is 4.26. The van der Waals surface area contributed by atoms with E-state index in [0.29, 0.717) is 19.3 Å². The van der Waals surface area contributed by atoms with Crippen LogP contribution in [0.15, 0.2) is 0 Å². The molecule has 0 aromatic rings. The van der Waals surface area contributed by atoms with Gasteiger partial charge in [-0.2, -0.15) is 0 Å². The summed E-state index contributed by atoms with van der Waals surface area (Å²) in [6.45, 7) is 1.49. The number of methoxy groups -OCH3 is 2. The molecular weight excluding hydrogens is 224 g/mol. The van der Waals surface area contributed by atoms with Crippen LogP contribution >= 0.6 is 0 Å². The van der Waals surface area contributed by atoms with Crippen LogP contribution in [0.3, 0.4) is 0 Å². The van der Waals surface area contributed by atoms with Crippen molar-refractivity contribution in [1.82, 2.24) is 0 Å². The molecule has 5 nitrogen and oxygen atoms in total. The molecule has 1 unspecified atom stereocenters. The number of hydrogen-bond acceptors (Lipinski definition) is 5. The molecule has 0 N–H and O–H groups in total. The van der Waals surface area contributed by atoms with E-state index in [0.717, 1.165) is 0 Å². The zero-order chi connectivity index (χ0) is 13.1. The summed E-state index contributed by atoms with van der Waals surface area (Å²) in [7, 11) is 2.46. The number of ketones is 1. The molecule has 0 aromatic heterocycles. The van der Waals surface area contributed by atoms with Gasteiger partial charge in [0.2, 0.25) is 0 Å². The molecule has 0 aliphatic heterocycles. The van der Waals surface area contributed by atoms with Crippen LogP contribution < -0.4 is 0 Å². The summed E-state index contributed by atoms with van der Waals surface area (Å²) in [6, 6.07) is 0.